The van der Waals surface area contributed by atoms with Crippen molar-refractivity contribution >= 4 is 17.1 Å². The Labute approximate surface area is 187 Å². The van der Waals surface area contributed by atoms with Gasteiger partial charge in [0.25, 0.3) is 0 Å². The van der Waals surface area contributed by atoms with Crippen LogP contribution in [-0.2, 0) is 0 Å². The highest BCUT2D eigenvalue weighted by molar-refractivity contribution is 5.84. The van der Waals surface area contributed by atoms with Crippen LogP contribution in [0.1, 0.15) is 16.7 Å². The quantitative estimate of drug-likeness (QED) is 0.320. The van der Waals surface area contributed by atoms with Crippen molar-refractivity contribution in [3.05, 3.63) is 95.6 Å². The Morgan fingerprint density at radius 3 is 1.56 bits per heavy atom. The third-order valence-electron chi connectivity index (χ3n) is 5.44. The molecule has 0 fully saturated rings. The highest BCUT2D eigenvalue weighted by atomic mass is 16.5. The summed E-state index contributed by atoms with van der Waals surface area (Å²) in [5, 5.41) is 31.8. The first kappa shape index (κ1) is 21.1. The number of aryl methyl sites for hydroxylation is 3. The Morgan fingerprint density at radius 2 is 1.03 bits per heavy atom. The lowest BCUT2D eigenvalue weighted by atomic mass is 10.1. The fraction of sp³-hybridized carbons (Fsp3) is 0.111. The van der Waals surface area contributed by atoms with E-state index in [2.05, 4.69) is 0 Å². The van der Waals surface area contributed by atoms with Gasteiger partial charge in [-0.25, -0.2) is 0 Å². The van der Waals surface area contributed by atoms with Crippen molar-refractivity contribution < 1.29 is 20.1 Å². The molecule has 0 aliphatic carbocycles. The van der Waals surface area contributed by atoms with E-state index in [0.29, 0.717) is 22.9 Å². The maximum absolute atomic E-state index is 10.8. The summed E-state index contributed by atoms with van der Waals surface area (Å²) in [6.07, 6.45) is 0. The van der Waals surface area contributed by atoms with Crippen molar-refractivity contribution in [2.75, 3.05) is 4.90 Å². The van der Waals surface area contributed by atoms with Crippen LogP contribution in [0.2, 0.25) is 0 Å². The van der Waals surface area contributed by atoms with Gasteiger partial charge < -0.3 is 25.0 Å². The molecule has 0 aliphatic rings. The van der Waals surface area contributed by atoms with Gasteiger partial charge in [0, 0.05) is 5.69 Å². The molecule has 0 amide bonds. The van der Waals surface area contributed by atoms with Crippen molar-refractivity contribution in [3.8, 4) is 28.7 Å². The Hall–Kier alpha value is -4.12. The number of rotatable bonds is 5. The van der Waals surface area contributed by atoms with Crippen LogP contribution in [0.4, 0.5) is 17.1 Å². The lowest BCUT2D eigenvalue weighted by Crippen LogP contribution is -2.11. The predicted molar refractivity (Wildman–Crippen MR) is 127 cm³/mol. The van der Waals surface area contributed by atoms with Crippen molar-refractivity contribution in [2.45, 2.75) is 20.8 Å². The van der Waals surface area contributed by atoms with Crippen LogP contribution < -0.4 is 9.64 Å². The molecular formula is C27H25NO4. The van der Waals surface area contributed by atoms with Gasteiger partial charge in [0.2, 0.25) is 0 Å². The van der Waals surface area contributed by atoms with E-state index in [4.69, 9.17) is 4.74 Å². The lowest BCUT2D eigenvalue weighted by molar-refractivity contribution is 0.408. The second-order valence-corrected chi connectivity index (χ2v) is 7.74. The minimum atomic E-state index is 0.104. The zero-order chi connectivity index (χ0) is 22.8. The van der Waals surface area contributed by atoms with Crippen LogP contribution in [0.25, 0.3) is 0 Å². The first-order valence-corrected chi connectivity index (χ1v) is 10.3. The highest BCUT2D eigenvalue weighted by Gasteiger charge is 2.20. The molecule has 4 rings (SSSR count). The van der Waals surface area contributed by atoms with E-state index in [1.807, 2.05) is 69.3 Å². The molecule has 0 saturated heterocycles. The summed E-state index contributed by atoms with van der Waals surface area (Å²) < 4.78 is 5.85. The van der Waals surface area contributed by atoms with Crippen molar-refractivity contribution in [1.29, 1.82) is 0 Å². The monoisotopic (exact) mass is 427 g/mol. The van der Waals surface area contributed by atoms with E-state index in [-0.39, 0.29) is 17.2 Å². The molecular weight excluding hydrogens is 402 g/mol. The summed E-state index contributed by atoms with van der Waals surface area (Å²) in [6, 6.07) is 23.6. The first-order valence-electron chi connectivity index (χ1n) is 10.3. The highest BCUT2D eigenvalue weighted by Crippen LogP contribution is 2.45. The molecule has 0 aromatic heterocycles. The average molecular weight is 428 g/mol. The summed E-state index contributed by atoms with van der Waals surface area (Å²) in [5.74, 6) is 1.31. The molecule has 0 spiro atoms. The number of benzene rings is 4. The number of phenols is 3. The van der Waals surface area contributed by atoms with Crippen LogP contribution in [0, 0.1) is 20.8 Å². The van der Waals surface area contributed by atoms with E-state index in [1.165, 1.54) is 0 Å². The molecule has 5 nitrogen and oxygen atoms in total. The van der Waals surface area contributed by atoms with Crippen molar-refractivity contribution in [3.63, 3.8) is 0 Å². The van der Waals surface area contributed by atoms with Gasteiger partial charge in [-0.3, -0.25) is 0 Å². The third-order valence-corrected chi connectivity index (χ3v) is 5.44. The predicted octanol–water partition coefficient (Wildman–Crippen LogP) is 6.99. The zero-order valence-electron chi connectivity index (χ0n) is 18.2. The Kier molecular flexibility index (Phi) is 5.65. The van der Waals surface area contributed by atoms with E-state index in [1.54, 1.807) is 35.2 Å². The number of aromatic hydroxyl groups is 3. The molecule has 32 heavy (non-hydrogen) atoms. The van der Waals surface area contributed by atoms with Crippen LogP contribution in [0.5, 0.6) is 28.7 Å². The fourth-order valence-electron chi connectivity index (χ4n) is 3.56. The minimum absolute atomic E-state index is 0.104. The van der Waals surface area contributed by atoms with Gasteiger partial charge in [-0.15, -0.1) is 0 Å². The van der Waals surface area contributed by atoms with Crippen molar-refractivity contribution in [2.24, 2.45) is 0 Å². The maximum Gasteiger partial charge on any atom is 0.169 e. The number of hydrogen-bond donors (Lipinski definition) is 3. The summed E-state index contributed by atoms with van der Waals surface area (Å²) in [4.78, 5) is 1.80. The Morgan fingerprint density at radius 1 is 0.562 bits per heavy atom. The Balaban J connectivity index is 1.77. The first-order chi connectivity index (χ1) is 15.4. The molecule has 0 unspecified atom stereocenters. The molecule has 0 aliphatic heterocycles. The summed E-state index contributed by atoms with van der Waals surface area (Å²) in [5.41, 5.74) is 4.03. The lowest BCUT2D eigenvalue weighted by Gasteiger charge is -2.27. The summed E-state index contributed by atoms with van der Waals surface area (Å²) >= 11 is 0. The van der Waals surface area contributed by atoms with Gasteiger partial charge in [-0.2, -0.15) is 0 Å². The molecule has 162 valence electrons. The molecule has 4 aromatic carbocycles. The fourth-order valence-corrected chi connectivity index (χ4v) is 3.56. The second kappa shape index (κ2) is 8.55. The largest absolute Gasteiger partial charge is 0.505 e. The number of hydrogen-bond acceptors (Lipinski definition) is 5. The summed E-state index contributed by atoms with van der Waals surface area (Å²) in [6.45, 7) is 5.47. The van der Waals surface area contributed by atoms with Crippen LogP contribution >= 0.6 is 0 Å². The topological polar surface area (TPSA) is 73.2 Å². The summed E-state index contributed by atoms with van der Waals surface area (Å²) in [7, 11) is 0. The van der Waals surface area contributed by atoms with Crippen molar-refractivity contribution in [1.82, 2.24) is 0 Å². The molecule has 0 heterocycles. The van der Waals surface area contributed by atoms with Crippen LogP contribution in [-0.4, -0.2) is 15.3 Å². The van der Waals surface area contributed by atoms with Crippen LogP contribution in [0.15, 0.2) is 78.9 Å². The molecule has 0 saturated carbocycles. The SMILES string of the molecule is Cc1cccc(Oc2ccc(N(c3cccc(C)c3O)c3cccc(C)c3O)cc2)c1O. The number of ether oxygens (including phenoxy) is 1. The third kappa shape index (κ3) is 3.93. The van der Waals surface area contributed by atoms with Gasteiger partial charge in [-0.05, 0) is 79.9 Å². The average Bonchev–Trinajstić information content (AvgIpc) is 2.78. The number of nitrogens with zero attached hydrogens (tertiary/aromatic N) is 1. The smallest absolute Gasteiger partial charge is 0.169 e. The molecule has 0 bridgehead atoms. The zero-order valence-corrected chi connectivity index (χ0v) is 18.2. The van der Waals surface area contributed by atoms with Gasteiger partial charge in [0.15, 0.2) is 11.5 Å². The molecule has 5 heteroatoms. The van der Waals surface area contributed by atoms with Gasteiger partial charge in [0.05, 0.1) is 11.4 Å². The van der Waals surface area contributed by atoms with Gasteiger partial charge >= 0.3 is 0 Å². The van der Waals surface area contributed by atoms with E-state index in [9.17, 15) is 15.3 Å². The molecule has 3 N–H and O–H groups in total. The normalized spacial score (nSPS) is 10.7. The molecule has 0 radical (unpaired) electrons. The van der Waals surface area contributed by atoms with E-state index < -0.39 is 0 Å². The number of anilines is 3. The molecule has 0 atom stereocenters. The van der Waals surface area contributed by atoms with E-state index >= 15 is 0 Å². The second-order valence-electron chi connectivity index (χ2n) is 7.74. The van der Waals surface area contributed by atoms with Gasteiger partial charge in [0.1, 0.15) is 17.2 Å². The number of phenolic OH excluding ortho intramolecular Hbond substituents is 3. The standard InChI is InChI=1S/C27H25NO4/c1-17-7-4-10-22(25(17)29)28(23-11-5-8-18(2)26(23)30)20-13-15-21(16-14-20)32-24-12-6-9-19(3)27(24)31/h4-16,29-31H,1-3H3. The minimum Gasteiger partial charge on any atom is -0.505 e. The Bertz CT molecular complexity index is 1210. The molecule has 4 aromatic rings. The van der Waals surface area contributed by atoms with Gasteiger partial charge in [-0.1, -0.05) is 36.4 Å². The number of para-hydroxylation sites is 3. The maximum atomic E-state index is 10.8. The van der Waals surface area contributed by atoms with E-state index in [0.717, 1.165) is 22.4 Å². The van der Waals surface area contributed by atoms with Crippen LogP contribution in [0.3, 0.4) is 0 Å².